The fourth-order valence-corrected chi connectivity index (χ4v) is 3.83. The van der Waals surface area contributed by atoms with Crippen molar-refractivity contribution in [3.05, 3.63) is 5.82 Å². The zero-order valence-corrected chi connectivity index (χ0v) is 12.8. The first kappa shape index (κ1) is 14.1. The van der Waals surface area contributed by atoms with Crippen molar-refractivity contribution in [3.63, 3.8) is 0 Å². The van der Waals surface area contributed by atoms with Gasteiger partial charge in [0, 0.05) is 23.8 Å². The van der Waals surface area contributed by atoms with E-state index < -0.39 is 0 Å². The van der Waals surface area contributed by atoms with Crippen LogP contribution < -0.4 is 5.32 Å². The van der Waals surface area contributed by atoms with Crippen molar-refractivity contribution in [2.75, 3.05) is 11.2 Å². The number of aromatic nitrogens is 2. The average Bonchev–Trinajstić information content (AvgIpc) is 2.77. The number of alkyl halides is 1. The Morgan fingerprint density at radius 3 is 3.06 bits per heavy atom. The number of aryl methyl sites for hydroxylation is 1. The first-order valence-corrected chi connectivity index (χ1v) is 8.15. The molecule has 1 N–H and O–H groups in total. The molecule has 0 aliphatic heterocycles. The zero-order valence-electron chi connectivity index (χ0n) is 11.2. The fraction of sp³-hybridized carbons (Fsp3) is 0.846. The van der Waals surface area contributed by atoms with Gasteiger partial charge in [-0.25, -0.2) is 4.98 Å². The monoisotopic (exact) mass is 287 g/mol. The molecule has 18 heavy (non-hydrogen) atoms. The van der Waals surface area contributed by atoms with Crippen LogP contribution >= 0.6 is 23.1 Å². The molecule has 1 aliphatic rings. The Balaban J connectivity index is 2.04. The Hall–Kier alpha value is -0.350. The largest absolute Gasteiger partial charge is 0.354 e. The summed E-state index contributed by atoms with van der Waals surface area (Å²) in [6.45, 7) is 4.46. The molecule has 0 amide bonds. The van der Waals surface area contributed by atoms with E-state index >= 15 is 0 Å². The van der Waals surface area contributed by atoms with E-state index in [1.54, 1.807) is 0 Å². The van der Waals surface area contributed by atoms with E-state index in [4.69, 9.17) is 11.6 Å². The summed E-state index contributed by atoms with van der Waals surface area (Å²) in [5.41, 5.74) is 0.0300. The van der Waals surface area contributed by atoms with E-state index in [1.807, 2.05) is 0 Å². The first-order chi connectivity index (χ1) is 8.67. The summed E-state index contributed by atoms with van der Waals surface area (Å²) in [5, 5.41) is 4.50. The lowest BCUT2D eigenvalue weighted by Crippen LogP contribution is -2.44. The summed E-state index contributed by atoms with van der Waals surface area (Å²) < 4.78 is 4.38. The predicted octanol–water partition coefficient (Wildman–Crippen LogP) is 4.09. The normalized spacial score (nSPS) is 28.3. The molecule has 1 heterocycles. The number of nitrogens with zero attached hydrogens (tertiary/aromatic N) is 2. The van der Waals surface area contributed by atoms with Gasteiger partial charge in [-0.05, 0) is 25.2 Å². The average molecular weight is 288 g/mol. The molecule has 0 saturated heterocycles. The highest BCUT2D eigenvalue weighted by Gasteiger charge is 2.34. The van der Waals surface area contributed by atoms with Crippen molar-refractivity contribution in [1.29, 1.82) is 0 Å². The second-order valence-electron chi connectivity index (χ2n) is 5.51. The molecule has 1 aromatic rings. The fourth-order valence-electron chi connectivity index (χ4n) is 2.79. The number of nitrogens with one attached hydrogen (secondary N) is 1. The van der Waals surface area contributed by atoms with Crippen molar-refractivity contribution in [3.8, 4) is 0 Å². The Morgan fingerprint density at radius 1 is 1.56 bits per heavy atom. The Kier molecular flexibility index (Phi) is 4.84. The third-order valence-corrected chi connectivity index (χ3v) is 4.84. The summed E-state index contributed by atoms with van der Waals surface area (Å²) in [7, 11) is 0. The van der Waals surface area contributed by atoms with E-state index in [0.29, 0.717) is 5.88 Å². The number of hydrogen-bond donors (Lipinski definition) is 1. The van der Waals surface area contributed by atoms with Crippen LogP contribution in [0.5, 0.6) is 0 Å². The topological polar surface area (TPSA) is 37.8 Å². The van der Waals surface area contributed by atoms with Crippen molar-refractivity contribution >= 4 is 28.3 Å². The van der Waals surface area contributed by atoms with E-state index in [-0.39, 0.29) is 5.54 Å². The predicted molar refractivity (Wildman–Crippen MR) is 78.6 cm³/mol. The molecule has 1 fully saturated rings. The van der Waals surface area contributed by atoms with Crippen LogP contribution in [-0.4, -0.2) is 20.8 Å². The molecule has 5 heteroatoms. The molecule has 3 nitrogen and oxygen atoms in total. The minimum atomic E-state index is 0.0300. The third-order valence-electron chi connectivity index (χ3n) is 3.66. The standard InChI is InChI=1S/C13H22ClN3S/c1-3-5-11-15-12(18-17-11)16-13(9-14)7-4-6-10(2)8-13/h10H,3-9H2,1-2H3,(H,15,16,17). The molecule has 1 saturated carbocycles. The van der Waals surface area contributed by atoms with Gasteiger partial charge in [0.15, 0.2) is 0 Å². The summed E-state index contributed by atoms with van der Waals surface area (Å²) >= 11 is 7.68. The molecule has 2 rings (SSSR count). The van der Waals surface area contributed by atoms with Gasteiger partial charge in [0.05, 0.1) is 5.54 Å². The van der Waals surface area contributed by atoms with Gasteiger partial charge in [0.2, 0.25) is 5.13 Å². The van der Waals surface area contributed by atoms with E-state index in [2.05, 4.69) is 28.5 Å². The third kappa shape index (κ3) is 3.35. The number of halogens is 1. The van der Waals surface area contributed by atoms with E-state index in [1.165, 1.54) is 24.4 Å². The molecule has 102 valence electrons. The maximum absolute atomic E-state index is 6.21. The first-order valence-electron chi connectivity index (χ1n) is 6.84. The van der Waals surface area contributed by atoms with Crippen molar-refractivity contribution < 1.29 is 0 Å². The van der Waals surface area contributed by atoms with E-state index in [0.717, 1.165) is 42.6 Å². The van der Waals surface area contributed by atoms with Crippen LogP contribution in [0.15, 0.2) is 0 Å². The van der Waals surface area contributed by atoms with Crippen LogP contribution in [-0.2, 0) is 6.42 Å². The van der Waals surface area contributed by atoms with Gasteiger partial charge in [-0.1, -0.05) is 26.7 Å². The number of anilines is 1. The quantitative estimate of drug-likeness (QED) is 0.829. The van der Waals surface area contributed by atoms with Gasteiger partial charge < -0.3 is 5.32 Å². The van der Waals surface area contributed by atoms with Crippen LogP contribution in [0.25, 0.3) is 0 Å². The maximum atomic E-state index is 6.21. The van der Waals surface area contributed by atoms with Crippen LogP contribution in [0.1, 0.15) is 51.8 Å². The molecule has 0 spiro atoms. The highest BCUT2D eigenvalue weighted by atomic mass is 35.5. The minimum absolute atomic E-state index is 0.0300. The van der Waals surface area contributed by atoms with Gasteiger partial charge in [-0.2, -0.15) is 4.37 Å². The minimum Gasteiger partial charge on any atom is -0.354 e. The highest BCUT2D eigenvalue weighted by Crippen LogP contribution is 2.36. The molecular formula is C13H22ClN3S. The lowest BCUT2D eigenvalue weighted by molar-refractivity contribution is 0.279. The second kappa shape index (κ2) is 6.20. The molecule has 1 aromatic heterocycles. The Bertz CT molecular complexity index is 382. The van der Waals surface area contributed by atoms with Gasteiger partial charge in [-0.3, -0.25) is 0 Å². The van der Waals surface area contributed by atoms with Gasteiger partial charge in [0.25, 0.3) is 0 Å². The van der Waals surface area contributed by atoms with Crippen LogP contribution in [0, 0.1) is 5.92 Å². The van der Waals surface area contributed by atoms with Crippen molar-refractivity contribution in [1.82, 2.24) is 9.36 Å². The Morgan fingerprint density at radius 2 is 2.39 bits per heavy atom. The second-order valence-corrected chi connectivity index (χ2v) is 6.53. The lowest BCUT2D eigenvalue weighted by atomic mass is 9.77. The van der Waals surface area contributed by atoms with Gasteiger partial charge in [-0.15, -0.1) is 11.6 Å². The van der Waals surface area contributed by atoms with Gasteiger partial charge >= 0.3 is 0 Å². The zero-order chi connectivity index (χ0) is 13.0. The molecule has 1 aliphatic carbocycles. The molecule has 2 unspecified atom stereocenters. The molecule has 0 radical (unpaired) electrons. The Labute approximate surface area is 119 Å². The van der Waals surface area contributed by atoms with Crippen LogP contribution in [0.2, 0.25) is 0 Å². The highest BCUT2D eigenvalue weighted by molar-refractivity contribution is 7.09. The molecule has 0 bridgehead atoms. The molecule has 2 atom stereocenters. The van der Waals surface area contributed by atoms with Gasteiger partial charge in [0.1, 0.15) is 5.82 Å². The molecular weight excluding hydrogens is 266 g/mol. The SMILES string of the molecule is CCCc1nsc(NC2(CCl)CCCC(C)C2)n1. The van der Waals surface area contributed by atoms with Crippen molar-refractivity contribution in [2.45, 2.75) is 57.9 Å². The smallest absolute Gasteiger partial charge is 0.203 e. The summed E-state index contributed by atoms with van der Waals surface area (Å²) in [6, 6.07) is 0. The summed E-state index contributed by atoms with van der Waals surface area (Å²) in [6.07, 6.45) is 6.90. The number of rotatable bonds is 5. The number of hydrogen-bond acceptors (Lipinski definition) is 4. The van der Waals surface area contributed by atoms with Crippen molar-refractivity contribution in [2.24, 2.45) is 5.92 Å². The summed E-state index contributed by atoms with van der Waals surface area (Å²) in [4.78, 5) is 4.55. The van der Waals surface area contributed by atoms with Crippen LogP contribution in [0.4, 0.5) is 5.13 Å². The summed E-state index contributed by atoms with van der Waals surface area (Å²) in [5.74, 6) is 2.35. The maximum Gasteiger partial charge on any atom is 0.203 e. The van der Waals surface area contributed by atoms with E-state index in [9.17, 15) is 0 Å². The lowest BCUT2D eigenvalue weighted by Gasteiger charge is -2.39. The van der Waals surface area contributed by atoms with Crippen LogP contribution in [0.3, 0.4) is 0 Å². The molecule has 0 aromatic carbocycles.